The lowest BCUT2D eigenvalue weighted by Crippen LogP contribution is -2.29. The molecule has 29 heavy (non-hydrogen) atoms. The van der Waals surface area contributed by atoms with Crippen LogP contribution in [0.5, 0.6) is 11.5 Å². The molecule has 2 aromatic rings. The summed E-state index contributed by atoms with van der Waals surface area (Å²) in [6, 6.07) is 9.35. The topological polar surface area (TPSA) is 108 Å². The SMILES string of the molecule is COc1cc(OC)c(C(=O)NC2C(c3ccc(S(N)(=O)=O)cc3)C2(C)C)cc1Cl. The van der Waals surface area contributed by atoms with Gasteiger partial charge in [-0.1, -0.05) is 37.6 Å². The Morgan fingerprint density at radius 2 is 1.69 bits per heavy atom. The number of ether oxygens (including phenoxy) is 2. The molecule has 2 atom stereocenters. The molecule has 1 aliphatic rings. The molecule has 2 unspecified atom stereocenters. The van der Waals surface area contributed by atoms with Crippen LogP contribution in [0, 0.1) is 5.41 Å². The van der Waals surface area contributed by atoms with Crippen molar-refractivity contribution in [2.45, 2.75) is 30.7 Å². The summed E-state index contributed by atoms with van der Waals surface area (Å²) in [5.74, 6) is 0.490. The van der Waals surface area contributed by atoms with Crippen LogP contribution in [0.2, 0.25) is 5.02 Å². The Labute approximate surface area is 175 Å². The van der Waals surface area contributed by atoms with Gasteiger partial charge in [0.2, 0.25) is 10.0 Å². The number of halogens is 1. The second kappa shape index (κ2) is 7.51. The van der Waals surface area contributed by atoms with E-state index in [1.54, 1.807) is 18.2 Å². The first-order chi connectivity index (χ1) is 13.5. The van der Waals surface area contributed by atoms with Crippen LogP contribution in [0.3, 0.4) is 0 Å². The predicted octanol–water partition coefficient (Wildman–Crippen LogP) is 2.93. The van der Waals surface area contributed by atoms with Crippen LogP contribution >= 0.6 is 11.6 Å². The van der Waals surface area contributed by atoms with Crippen LogP contribution in [0.25, 0.3) is 0 Å². The molecule has 0 radical (unpaired) electrons. The van der Waals surface area contributed by atoms with Gasteiger partial charge < -0.3 is 14.8 Å². The standard InChI is InChI=1S/C20H23ClN2O5S/c1-20(2)17(11-5-7-12(8-6-11)29(22,25)26)18(20)23-19(24)13-9-14(21)16(28-4)10-15(13)27-3/h5-10,17-18H,1-4H3,(H,23,24)(H2,22,25,26). The summed E-state index contributed by atoms with van der Waals surface area (Å²) in [5, 5.41) is 8.49. The molecule has 0 spiro atoms. The molecule has 0 aliphatic heterocycles. The fraction of sp³-hybridized carbons (Fsp3) is 0.350. The highest BCUT2D eigenvalue weighted by Crippen LogP contribution is 2.58. The molecule has 0 heterocycles. The highest BCUT2D eigenvalue weighted by Gasteiger charge is 2.59. The fourth-order valence-electron chi connectivity index (χ4n) is 3.65. The lowest BCUT2D eigenvalue weighted by molar-refractivity contribution is 0.0943. The maximum atomic E-state index is 12.9. The number of benzene rings is 2. The van der Waals surface area contributed by atoms with Gasteiger partial charge in [-0.3, -0.25) is 4.79 Å². The molecular weight excluding hydrogens is 416 g/mol. The summed E-state index contributed by atoms with van der Waals surface area (Å²) in [4.78, 5) is 12.9. The fourth-order valence-corrected chi connectivity index (χ4v) is 4.41. The van der Waals surface area contributed by atoms with Crippen molar-refractivity contribution in [2.75, 3.05) is 14.2 Å². The monoisotopic (exact) mass is 438 g/mol. The Morgan fingerprint density at radius 1 is 1.10 bits per heavy atom. The maximum absolute atomic E-state index is 12.9. The van der Waals surface area contributed by atoms with E-state index in [1.807, 2.05) is 13.8 Å². The predicted molar refractivity (Wildman–Crippen MR) is 110 cm³/mol. The highest BCUT2D eigenvalue weighted by atomic mass is 35.5. The summed E-state index contributed by atoms with van der Waals surface area (Å²) in [7, 11) is -0.792. The number of carbonyl (C=O) groups excluding carboxylic acids is 1. The van der Waals surface area contributed by atoms with Crippen molar-refractivity contribution < 1.29 is 22.7 Å². The van der Waals surface area contributed by atoms with E-state index in [9.17, 15) is 13.2 Å². The molecule has 3 rings (SSSR count). The Hall–Kier alpha value is -2.29. The highest BCUT2D eigenvalue weighted by molar-refractivity contribution is 7.89. The summed E-state index contributed by atoms with van der Waals surface area (Å²) in [6.07, 6.45) is 0. The van der Waals surface area contributed by atoms with Crippen LogP contribution in [-0.4, -0.2) is 34.6 Å². The lowest BCUT2D eigenvalue weighted by Gasteiger charge is -2.13. The lowest BCUT2D eigenvalue weighted by atomic mass is 10.0. The molecule has 0 bridgehead atoms. The molecule has 9 heteroatoms. The summed E-state index contributed by atoms with van der Waals surface area (Å²) in [5.41, 5.74) is 1.03. The first-order valence-electron chi connectivity index (χ1n) is 8.86. The first kappa shape index (κ1) is 21.4. The average molecular weight is 439 g/mol. The van der Waals surface area contributed by atoms with Gasteiger partial charge in [0.25, 0.3) is 5.91 Å². The molecule has 2 aromatic carbocycles. The zero-order valence-corrected chi connectivity index (χ0v) is 18.1. The van der Waals surface area contributed by atoms with Crippen molar-refractivity contribution in [2.24, 2.45) is 10.6 Å². The van der Waals surface area contributed by atoms with E-state index >= 15 is 0 Å². The third-order valence-corrected chi connectivity index (χ3v) is 6.62. The molecule has 1 amide bonds. The quantitative estimate of drug-likeness (QED) is 0.720. The Bertz CT molecular complexity index is 1050. The number of hydrogen-bond acceptors (Lipinski definition) is 5. The average Bonchev–Trinajstić information content (AvgIpc) is 3.20. The van der Waals surface area contributed by atoms with Gasteiger partial charge in [-0.2, -0.15) is 0 Å². The normalized spacial score (nSPS) is 20.1. The molecule has 7 nitrogen and oxygen atoms in total. The number of rotatable bonds is 6. The minimum atomic E-state index is -3.75. The number of carbonyl (C=O) groups is 1. The molecule has 0 aromatic heterocycles. The minimum Gasteiger partial charge on any atom is -0.496 e. The number of amides is 1. The smallest absolute Gasteiger partial charge is 0.255 e. The zero-order chi connectivity index (χ0) is 21.6. The van der Waals surface area contributed by atoms with Crippen LogP contribution in [0.1, 0.15) is 35.7 Å². The van der Waals surface area contributed by atoms with Crippen molar-refractivity contribution in [3.8, 4) is 11.5 Å². The van der Waals surface area contributed by atoms with Gasteiger partial charge >= 0.3 is 0 Å². The Kier molecular flexibility index (Phi) is 5.55. The van der Waals surface area contributed by atoms with E-state index in [4.69, 9.17) is 26.2 Å². The van der Waals surface area contributed by atoms with Crippen LogP contribution in [-0.2, 0) is 10.0 Å². The van der Waals surface area contributed by atoms with Crippen LogP contribution in [0.4, 0.5) is 0 Å². The van der Waals surface area contributed by atoms with Crippen molar-refractivity contribution in [3.63, 3.8) is 0 Å². The summed E-state index contributed by atoms with van der Waals surface area (Å²) in [6.45, 7) is 4.07. The van der Waals surface area contributed by atoms with Gasteiger partial charge in [0.15, 0.2) is 0 Å². The molecule has 156 valence electrons. The van der Waals surface area contributed by atoms with E-state index in [1.165, 1.54) is 32.4 Å². The van der Waals surface area contributed by atoms with Gasteiger partial charge in [-0.25, -0.2) is 13.6 Å². The number of primary sulfonamides is 1. The van der Waals surface area contributed by atoms with E-state index in [0.29, 0.717) is 22.1 Å². The second-order valence-corrected chi connectivity index (χ2v) is 9.52. The summed E-state index contributed by atoms with van der Waals surface area (Å²) < 4.78 is 33.4. The molecule has 1 saturated carbocycles. The van der Waals surface area contributed by atoms with Crippen molar-refractivity contribution in [3.05, 3.63) is 52.5 Å². The Balaban J connectivity index is 1.82. The van der Waals surface area contributed by atoms with E-state index in [-0.39, 0.29) is 28.2 Å². The maximum Gasteiger partial charge on any atom is 0.255 e. The van der Waals surface area contributed by atoms with Gasteiger partial charge in [0.05, 0.1) is 29.7 Å². The van der Waals surface area contributed by atoms with Crippen molar-refractivity contribution in [1.29, 1.82) is 0 Å². The summed E-state index contributed by atoms with van der Waals surface area (Å²) >= 11 is 6.17. The number of nitrogens with one attached hydrogen (secondary N) is 1. The minimum absolute atomic E-state index is 0.0284. The molecular formula is C20H23ClN2O5S. The number of hydrogen-bond donors (Lipinski definition) is 2. The van der Waals surface area contributed by atoms with Gasteiger partial charge in [0.1, 0.15) is 11.5 Å². The van der Waals surface area contributed by atoms with E-state index in [2.05, 4.69) is 5.32 Å². The molecule has 1 aliphatic carbocycles. The van der Waals surface area contributed by atoms with Crippen LogP contribution < -0.4 is 19.9 Å². The van der Waals surface area contributed by atoms with Gasteiger partial charge in [-0.05, 0) is 29.2 Å². The van der Waals surface area contributed by atoms with E-state index in [0.717, 1.165) is 5.56 Å². The third kappa shape index (κ3) is 4.05. The van der Waals surface area contributed by atoms with Gasteiger partial charge in [-0.15, -0.1) is 0 Å². The first-order valence-corrected chi connectivity index (χ1v) is 10.8. The molecule has 1 fully saturated rings. The van der Waals surface area contributed by atoms with Crippen molar-refractivity contribution in [1.82, 2.24) is 5.32 Å². The number of sulfonamides is 1. The molecule has 0 saturated heterocycles. The largest absolute Gasteiger partial charge is 0.496 e. The van der Waals surface area contributed by atoms with Crippen LogP contribution in [0.15, 0.2) is 41.3 Å². The third-order valence-electron chi connectivity index (χ3n) is 5.40. The van der Waals surface area contributed by atoms with Crippen molar-refractivity contribution >= 4 is 27.5 Å². The second-order valence-electron chi connectivity index (χ2n) is 7.55. The Morgan fingerprint density at radius 3 is 2.21 bits per heavy atom. The number of methoxy groups -OCH3 is 2. The van der Waals surface area contributed by atoms with E-state index < -0.39 is 10.0 Å². The zero-order valence-electron chi connectivity index (χ0n) is 16.5. The van der Waals surface area contributed by atoms with Gasteiger partial charge in [0, 0.05) is 18.0 Å². The number of nitrogens with two attached hydrogens (primary N) is 1. The molecule has 3 N–H and O–H groups in total.